The van der Waals surface area contributed by atoms with E-state index < -0.39 is 11.1 Å². The number of hydrogen-bond acceptors (Lipinski definition) is 4. The van der Waals surface area contributed by atoms with Crippen LogP contribution in [0.3, 0.4) is 0 Å². The van der Waals surface area contributed by atoms with Crippen LogP contribution in [0.15, 0.2) is 35.2 Å². The van der Waals surface area contributed by atoms with Crippen LogP contribution in [0.25, 0.3) is 6.08 Å². The maximum Gasteiger partial charge on any atom is 0.294 e. The molecule has 2 fully saturated rings. The summed E-state index contributed by atoms with van der Waals surface area (Å²) in [7, 11) is 0. The zero-order valence-corrected chi connectivity index (χ0v) is 12.1. The van der Waals surface area contributed by atoms with Crippen LogP contribution in [0.5, 0.6) is 0 Å². The number of rotatable bonds is 4. The fourth-order valence-corrected chi connectivity index (χ4v) is 2.82. The summed E-state index contributed by atoms with van der Waals surface area (Å²) in [5, 5.41) is 2.38. The Kier molecular flexibility index (Phi) is 3.79. The molecule has 5 nitrogen and oxygen atoms in total. The monoisotopic (exact) mass is 302 g/mol. The van der Waals surface area contributed by atoms with E-state index in [1.165, 1.54) is 0 Å². The molecule has 3 rings (SSSR count). The van der Waals surface area contributed by atoms with Crippen molar-refractivity contribution < 1.29 is 14.4 Å². The molecule has 1 aromatic carbocycles. The number of imide groups is 1. The topological polar surface area (TPSA) is 66.5 Å². The average molecular weight is 302 g/mol. The Hall–Kier alpha value is -2.08. The fourth-order valence-electron chi connectivity index (χ4n) is 1.98. The molecule has 1 heterocycles. The van der Waals surface area contributed by atoms with Gasteiger partial charge in [0.05, 0.1) is 4.91 Å². The first-order chi connectivity index (χ1) is 10.1. The number of carbonyl (C=O) groups excluding carboxylic acids is 3. The minimum atomic E-state index is -0.403. The van der Waals surface area contributed by atoms with E-state index in [4.69, 9.17) is 0 Å². The molecule has 0 radical (unpaired) electrons. The van der Waals surface area contributed by atoms with Gasteiger partial charge < -0.3 is 5.32 Å². The van der Waals surface area contributed by atoms with Gasteiger partial charge in [0.25, 0.3) is 11.1 Å². The second-order valence-electron chi connectivity index (χ2n) is 5.02. The molecule has 1 aromatic rings. The van der Waals surface area contributed by atoms with E-state index in [0.29, 0.717) is 4.91 Å². The van der Waals surface area contributed by atoms with Crippen LogP contribution in [0.4, 0.5) is 4.79 Å². The Morgan fingerprint density at radius 3 is 2.67 bits per heavy atom. The first-order valence-corrected chi connectivity index (χ1v) is 7.55. The second kappa shape index (κ2) is 5.73. The molecular formula is C15H14N2O3S. The molecular weight excluding hydrogens is 288 g/mol. The molecule has 1 N–H and O–H groups in total. The standard InChI is InChI=1S/C15H14N2O3S/c18-13(16-11-6-7-11)9-17-14(19)12(21-15(17)20)8-10-4-2-1-3-5-10/h1-5,8,11H,6-7,9H2,(H,16,18)/b12-8-. The SMILES string of the molecule is O=C(CN1C(=O)S/C(=C\c2ccccc2)C1=O)NC1CC1. The van der Waals surface area contributed by atoms with Gasteiger partial charge in [-0.15, -0.1) is 0 Å². The van der Waals surface area contributed by atoms with E-state index in [2.05, 4.69) is 5.32 Å². The van der Waals surface area contributed by atoms with Crippen molar-refractivity contribution in [3.63, 3.8) is 0 Å². The van der Waals surface area contributed by atoms with Gasteiger partial charge in [-0.25, -0.2) is 0 Å². The Balaban J connectivity index is 1.69. The highest BCUT2D eigenvalue weighted by atomic mass is 32.2. The van der Waals surface area contributed by atoms with Crippen LogP contribution < -0.4 is 5.32 Å². The summed E-state index contributed by atoms with van der Waals surface area (Å²) in [4.78, 5) is 37.1. The van der Waals surface area contributed by atoms with Gasteiger partial charge in [-0.1, -0.05) is 30.3 Å². The van der Waals surface area contributed by atoms with Crippen LogP contribution in [0.1, 0.15) is 18.4 Å². The smallest absolute Gasteiger partial charge is 0.294 e. The van der Waals surface area contributed by atoms with Crippen molar-refractivity contribution in [1.29, 1.82) is 0 Å². The third-order valence-electron chi connectivity index (χ3n) is 3.22. The van der Waals surface area contributed by atoms with Crippen LogP contribution in [-0.4, -0.2) is 34.5 Å². The lowest BCUT2D eigenvalue weighted by atomic mass is 10.2. The second-order valence-corrected chi connectivity index (χ2v) is 6.01. The van der Waals surface area contributed by atoms with Gasteiger partial charge in [-0.05, 0) is 36.2 Å². The summed E-state index contributed by atoms with van der Waals surface area (Å²) in [5.41, 5.74) is 0.852. The van der Waals surface area contributed by atoms with Crippen LogP contribution in [-0.2, 0) is 9.59 Å². The number of benzene rings is 1. The lowest BCUT2D eigenvalue weighted by Gasteiger charge is -2.11. The molecule has 3 amide bonds. The van der Waals surface area contributed by atoms with Crippen molar-refractivity contribution in [3.8, 4) is 0 Å². The van der Waals surface area contributed by atoms with Gasteiger partial charge in [0.2, 0.25) is 5.91 Å². The highest BCUT2D eigenvalue weighted by Gasteiger charge is 2.37. The molecule has 1 saturated heterocycles. The van der Waals surface area contributed by atoms with Gasteiger partial charge in [-0.3, -0.25) is 19.3 Å². The van der Waals surface area contributed by atoms with Crippen LogP contribution >= 0.6 is 11.8 Å². The number of amides is 3. The minimum Gasteiger partial charge on any atom is -0.352 e. The Morgan fingerprint density at radius 1 is 1.29 bits per heavy atom. The normalized spacial score (nSPS) is 20.2. The maximum atomic E-state index is 12.2. The lowest BCUT2D eigenvalue weighted by molar-refractivity contribution is -0.129. The summed E-state index contributed by atoms with van der Waals surface area (Å²) >= 11 is 0.872. The van der Waals surface area contributed by atoms with E-state index in [0.717, 1.165) is 35.1 Å². The summed E-state index contributed by atoms with van der Waals surface area (Å²) in [5.74, 6) is -0.680. The zero-order valence-electron chi connectivity index (χ0n) is 11.2. The molecule has 108 valence electrons. The maximum absolute atomic E-state index is 12.2. The first kappa shape index (κ1) is 13.9. The van der Waals surface area contributed by atoms with Crippen LogP contribution in [0, 0.1) is 0 Å². The Bertz CT molecular complexity index is 623. The summed E-state index contributed by atoms with van der Waals surface area (Å²) in [6, 6.07) is 9.53. The van der Waals surface area contributed by atoms with E-state index in [9.17, 15) is 14.4 Å². The van der Waals surface area contributed by atoms with Crippen molar-refractivity contribution in [2.45, 2.75) is 18.9 Å². The molecule has 1 aliphatic heterocycles. The lowest BCUT2D eigenvalue weighted by Crippen LogP contribution is -2.40. The highest BCUT2D eigenvalue weighted by molar-refractivity contribution is 8.18. The summed E-state index contributed by atoms with van der Waals surface area (Å²) in [6.45, 7) is -0.201. The molecule has 1 saturated carbocycles. The molecule has 0 spiro atoms. The van der Waals surface area contributed by atoms with Crippen molar-refractivity contribution in [3.05, 3.63) is 40.8 Å². The minimum absolute atomic E-state index is 0.201. The zero-order chi connectivity index (χ0) is 14.8. The number of nitrogens with zero attached hydrogens (tertiary/aromatic N) is 1. The molecule has 2 aliphatic rings. The van der Waals surface area contributed by atoms with E-state index in [-0.39, 0.29) is 18.5 Å². The number of thioether (sulfide) groups is 1. The van der Waals surface area contributed by atoms with Gasteiger partial charge >= 0.3 is 0 Å². The van der Waals surface area contributed by atoms with Gasteiger partial charge in [-0.2, -0.15) is 0 Å². The predicted molar refractivity (Wildman–Crippen MR) is 80.3 cm³/mol. The summed E-state index contributed by atoms with van der Waals surface area (Å²) in [6.07, 6.45) is 3.62. The Labute approximate surface area is 126 Å². The van der Waals surface area contributed by atoms with Gasteiger partial charge in [0.15, 0.2) is 0 Å². The van der Waals surface area contributed by atoms with Crippen LogP contribution in [0.2, 0.25) is 0 Å². The van der Waals surface area contributed by atoms with Crippen molar-refractivity contribution in [1.82, 2.24) is 10.2 Å². The molecule has 21 heavy (non-hydrogen) atoms. The van der Waals surface area contributed by atoms with Crippen molar-refractivity contribution in [2.75, 3.05) is 6.54 Å². The molecule has 0 bridgehead atoms. The fraction of sp³-hybridized carbons (Fsp3) is 0.267. The third-order valence-corrected chi connectivity index (χ3v) is 4.12. The number of carbonyl (C=O) groups is 3. The van der Waals surface area contributed by atoms with Gasteiger partial charge in [0, 0.05) is 6.04 Å². The third kappa shape index (κ3) is 3.33. The molecule has 1 aliphatic carbocycles. The first-order valence-electron chi connectivity index (χ1n) is 6.73. The summed E-state index contributed by atoms with van der Waals surface area (Å²) < 4.78 is 0. The van der Waals surface area contributed by atoms with Gasteiger partial charge in [0.1, 0.15) is 6.54 Å². The van der Waals surface area contributed by atoms with E-state index >= 15 is 0 Å². The quantitative estimate of drug-likeness (QED) is 0.864. The number of nitrogens with one attached hydrogen (secondary N) is 1. The molecule has 0 unspecified atom stereocenters. The highest BCUT2D eigenvalue weighted by Crippen LogP contribution is 2.32. The molecule has 0 aromatic heterocycles. The average Bonchev–Trinajstić information content (AvgIpc) is 3.24. The number of hydrogen-bond donors (Lipinski definition) is 1. The molecule has 6 heteroatoms. The van der Waals surface area contributed by atoms with Crippen molar-refractivity contribution in [2.24, 2.45) is 0 Å². The largest absolute Gasteiger partial charge is 0.352 e. The predicted octanol–water partition coefficient (Wildman–Crippen LogP) is 2.00. The van der Waals surface area contributed by atoms with Crippen molar-refractivity contribution >= 4 is 34.9 Å². The Morgan fingerprint density at radius 2 is 2.00 bits per heavy atom. The van der Waals surface area contributed by atoms with E-state index in [1.807, 2.05) is 30.3 Å². The van der Waals surface area contributed by atoms with E-state index in [1.54, 1.807) is 6.08 Å². The molecule has 0 atom stereocenters.